The molecule has 0 aliphatic carbocycles. The molecule has 0 spiro atoms. The number of aryl methyl sites for hydroxylation is 1. The van der Waals surface area contributed by atoms with E-state index in [1.54, 1.807) is 0 Å². The first-order valence-corrected chi connectivity index (χ1v) is 6.80. The highest BCUT2D eigenvalue weighted by molar-refractivity contribution is 5.83. The van der Waals surface area contributed by atoms with Crippen molar-refractivity contribution in [1.82, 2.24) is 5.43 Å². The maximum Gasteiger partial charge on any atom is 0.0712 e. The predicted molar refractivity (Wildman–Crippen MR) is 84.3 cm³/mol. The molecule has 0 heterocycles. The van der Waals surface area contributed by atoms with Crippen LogP contribution in [0.15, 0.2) is 66.7 Å². The van der Waals surface area contributed by atoms with Crippen LogP contribution >= 0.6 is 0 Å². The second-order valence-corrected chi connectivity index (χ2v) is 5.06. The van der Waals surface area contributed by atoms with E-state index in [2.05, 4.69) is 66.9 Å². The van der Waals surface area contributed by atoms with E-state index in [0.29, 0.717) is 0 Å². The zero-order valence-electron chi connectivity index (χ0n) is 11.5. The monoisotopic (exact) mass is 262 g/mol. The van der Waals surface area contributed by atoms with Crippen molar-refractivity contribution < 1.29 is 0 Å². The molecule has 2 heteroatoms. The normalized spacial score (nSPS) is 12.5. The molecular weight excluding hydrogens is 244 g/mol. The molecule has 0 bridgehead atoms. The van der Waals surface area contributed by atoms with Gasteiger partial charge in [-0.15, -0.1) is 0 Å². The first-order chi connectivity index (χ1) is 9.79. The Kier molecular flexibility index (Phi) is 3.50. The summed E-state index contributed by atoms with van der Waals surface area (Å²) in [6.45, 7) is 2.11. The van der Waals surface area contributed by atoms with Crippen molar-refractivity contribution in [2.24, 2.45) is 5.84 Å². The lowest BCUT2D eigenvalue weighted by Gasteiger charge is -2.19. The zero-order valence-corrected chi connectivity index (χ0v) is 11.5. The number of hydrazine groups is 1. The van der Waals surface area contributed by atoms with Crippen LogP contribution in [0.2, 0.25) is 0 Å². The average Bonchev–Trinajstić information content (AvgIpc) is 2.50. The van der Waals surface area contributed by atoms with Crippen molar-refractivity contribution in [3.05, 3.63) is 83.4 Å². The van der Waals surface area contributed by atoms with Crippen LogP contribution in [0.4, 0.5) is 0 Å². The number of hydrogen-bond acceptors (Lipinski definition) is 2. The molecule has 1 unspecified atom stereocenters. The molecule has 3 aromatic rings. The summed E-state index contributed by atoms with van der Waals surface area (Å²) in [6.07, 6.45) is 0. The Morgan fingerprint density at radius 2 is 1.55 bits per heavy atom. The fourth-order valence-corrected chi connectivity index (χ4v) is 2.66. The first-order valence-electron chi connectivity index (χ1n) is 6.80. The Morgan fingerprint density at radius 1 is 0.850 bits per heavy atom. The van der Waals surface area contributed by atoms with Gasteiger partial charge in [-0.2, -0.15) is 0 Å². The van der Waals surface area contributed by atoms with E-state index in [4.69, 9.17) is 5.84 Å². The van der Waals surface area contributed by atoms with Gasteiger partial charge in [0.15, 0.2) is 0 Å². The molecule has 0 aliphatic heterocycles. The van der Waals surface area contributed by atoms with Crippen LogP contribution in [-0.2, 0) is 0 Å². The van der Waals surface area contributed by atoms with Crippen LogP contribution in [0.25, 0.3) is 10.8 Å². The van der Waals surface area contributed by atoms with Gasteiger partial charge in [-0.25, -0.2) is 5.43 Å². The molecule has 0 saturated carbocycles. The van der Waals surface area contributed by atoms with E-state index in [-0.39, 0.29) is 6.04 Å². The quantitative estimate of drug-likeness (QED) is 0.558. The summed E-state index contributed by atoms with van der Waals surface area (Å²) in [5.74, 6) is 5.80. The SMILES string of the molecule is Cc1ccccc1C(NN)c1ccc2ccccc2c1. The molecule has 0 aromatic heterocycles. The molecule has 0 aliphatic rings. The topological polar surface area (TPSA) is 38.0 Å². The van der Waals surface area contributed by atoms with Gasteiger partial charge >= 0.3 is 0 Å². The third-order valence-electron chi connectivity index (χ3n) is 3.77. The van der Waals surface area contributed by atoms with Crippen molar-refractivity contribution in [3.8, 4) is 0 Å². The highest BCUT2D eigenvalue weighted by atomic mass is 15.2. The molecule has 0 radical (unpaired) electrons. The van der Waals surface area contributed by atoms with E-state index < -0.39 is 0 Å². The van der Waals surface area contributed by atoms with Gasteiger partial charge in [-0.1, -0.05) is 60.7 Å². The van der Waals surface area contributed by atoms with Gasteiger partial charge in [0.1, 0.15) is 0 Å². The standard InChI is InChI=1S/C18H18N2/c1-13-6-2-5-9-17(13)18(20-19)16-11-10-14-7-3-4-8-15(14)12-16/h2-12,18,20H,19H2,1H3. The minimum atomic E-state index is 0.0146. The Labute approximate surface area is 119 Å². The summed E-state index contributed by atoms with van der Waals surface area (Å²) in [6, 6.07) is 23.2. The lowest BCUT2D eigenvalue weighted by Crippen LogP contribution is -2.29. The molecule has 2 nitrogen and oxygen atoms in total. The number of nitrogens with one attached hydrogen (secondary N) is 1. The number of rotatable bonds is 3. The predicted octanol–water partition coefficient (Wildman–Crippen LogP) is 3.70. The zero-order chi connectivity index (χ0) is 13.9. The van der Waals surface area contributed by atoms with Crippen LogP contribution in [0.5, 0.6) is 0 Å². The van der Waals surface area contributed by atoms with Gasteiger partial charge in [0, 0.05) is 0 Å². The van der Waals surface area contributed by atoms with Crippen molar-refractivity contribution in [2.75, 3.05) is 0 Å². The van der Waals surface area contributed by atoms with Crippen molar-refractivity contribution >= 4 is 10.8 Å². The second-order valence-electron chi connectivity index (χ2n) is 5.06. The largest absolute Gasteiger partial charge is 0.271 e. The molecule has 0 amide bonds. The van der Waals surface area contributed by atoms with E-state index >= 15 is 0 Å². The smallest absolute Gasteiger partial charge is 0.0712 e. The fourth-order valence-electron chi connectivity index (χ4n) is 2.66. The third-order valence-corrected chi connectivity index (χ3v) is 3.77. The molecule has 3 rings (SSSR count). The van der Waals surface area contributed by atoms with E-state index in [0.717, 1.165) is 0 Å². The van der Waals surface area contributed by atoms with Crippen LogP contribution < -0.4 is 11.3 Å². The third kappa shape index (κ3) is 2.31. The molecule has 20 heavy (non-hydrogen) atoms. The van der Waals surface area contributed by atoms with Crippen molar-refractivity contribution in [1.29, 1.82) is 0 Å². The van der Waals surface area contributed by atoms with Crippen LogP contribution in [0, 0.1) is 6.92 Å². The van der Waals surface area contributed by atoms with Gasteiger partial charge in [-0.05, 0) is 40.5 Å². The lowest BCUT2D eigenvalue weighted by molar-refractivity contribution is 0.634. The molecule has 0 fully saturated rings. The van der Waals surface area contributed by atoms with Crippen LogP contribution in [0.3, 0.4) is 0 Å². The fraction of sp³-hybridized carbons (Fsp3) is 0.111. The van der Waals surface area contributed by atoms with E-state index in [1.807, 2.05) is 12.1 Å². The highest BCUT2D eigenvalue weighted by Crippen LogP contribution is 2.26. The van der Waals surface area contributed by atoms with Gasteiger partial charge in [0.2, 0.25) is 0 Å². The number of fused-ring (bicyclic) bond motifs is 1. The second kappa shape index (κ2) is 5.45. The lowest BCUT2D eigenvalue weighted by atomic mass is 9.94. The Hall–Kier alpha value is -2.16. The summed E-state index contributed by atoms with van der Waals surface area (Å²) in [4.78, 5) is 0. The molecule has 0 saturated heterocycles. The minimum absolute atomic E-state index is 0.0146. The number of hydrogen-bond donors (Lipinski definition) is 2. The minimum Gasteiger partial charge on any atom is -0.271 e. The maximum atomic E-state index is 5.80. The van der Waals surface area contributed by atoms with Gasteiger partial charge < -0.3 is 0 Å². The summed E-state index contributed by atoms with van der Waals surface area (Å²) >= 11 is 0. The summed E-state index contributed by atoms with van der Waals surface area (Å²) in [5, 5.41) is 2.48. The average molecular weight is 262 g/mol. The molecule has 100 valence electrons. The first kappa shape index (κ1) is 12.9. The summed E-state index contributed by atoms with van der Waals surface area (Å²) in [7, 11) is 0. The number of benzene rings is 3. The molecular formula is C18H18N2. The van der Waals surface area contributed by atoms with E-state index in [9.17, 15) is 0 Å². The van der Waals surface area contributed by atoms with Crippen LogP contribution in [0.1, 0.15) is 22.7 Å². The maximum absolute atomic E-state index is 5.80. The van der Waals surface area contributed by atoms with Crippen molar-refractivity contribution in [3.63, 3.8) is 0 Å². The molecule has 3 N–H and O–H groups in total. The highest BCUT2D eigenvalue weighted by Gasteiger charge is 2.14. The summed E-state index contributed by atoms with van der Waals surface area (Å²) in [5.41, 5.74) is 6.57. The Morgan fingerprint density at radius 3 is 2.30 bits per heavy atom. The van der Waals surface area contributed by atoms with Gasteiger partial charge in [-0.3, -0.25) is 5.84 Å². The Bertz CT molecular complexity index is 734. The Balaban J connectivity index is 2.10. The van der Waals surface area contributed by atoms with Crippen LogP contribution in [-0.4, -0.2) is 0 Å². The summed E-state index contributed by atoms with van der Waals surface area (Å²) < 4.78 is 0. The molecule has 3 aromatic carbocycles. The van der Waals surface area contributed by atoms with Crippen molar-refractivity contribution in [2.45, 2.75) is 13.0 Å². The van der Waals surface area contributed by atoms with Gasteiger partial charge in [0.25, 0.3) is 0 Å². The number of nitrogens with two attached hydrogens (primary N) is 1. The van der Waals surface area contributed by atoms with Gasteiger partial charge in [0.05, 0.1) is 6.04 Å². The molecule has 1 atom stereocenters. The van der Waals surface area contributed by atoms with E-state index in [1.165, 1.54) is 27.5 Å².